The van der Waals surface area contributed by atoms with E-state index in [4.69, 9.17) is 9.47 Å². The van der Waals surface area contributed by atoms with Gasteiger partial charge < -0.3 is 19.9 Å². The molecule has 7 atom stereocenters. The number of hydrogen-bond donors (Lipinski definition) is 2. The van der Waals surface area contributed by atoms with Crippen LogP contribution in [0.1, 0.15) is 58.4 Å². The van der Waals surface area contributed by atoms with Crippen LogP contribution in [-0.2, 0) is 20.8 Å². The molecule has 0 spiro atoms. The third-order valence-electron chi connectivity index (χ3n) is 9.46. The van der Waals surface area contributed by atoms with E-state index in [1.807, 2.05) is 12.1 Å². The Hall–Kier alpha value is -1.76. The van der Waals surface area contributed by atoms with Gasteiger partial charge in [-0.15, -0.1) is 0 Å². The van der Waals surface area contributed by atoms with E-state index in [2.05, 4.69) is 26.1 Å². The van der Waals surface area contributed by atoms with Gasteiger partial charge in [0.2, 0.25) is 0 Å². The van der Waals surface area contributed by atoms with Crippen LogP contribution in [-0.4, -0.2) is 42.0 Å². The number of aliphatic hydroxyl groups excluding tert-OH is 1. The van der Waals surface area contributed by atoms with Crippen LogP contribution in [0.25, 0.3) is 0 Å². The lowest BCUT2D eigenvalue weighted by molar-refractivity contribution is -0.186. The van der Waals surface area contributed by atoms with Crippen LogP contribution in [0.5, 0.6) is 0 Å². The number of hydrogen-bond acceptors (Lipinski definition) is 5. The van der Waals surface area contributed by atoms with Crippen LogP contribution in [0.15, 0.2) is 35.9 Å². The minimum Gasteiger partial charge on any atom is -0.458 e. The highest BCUT2D eigenvalue weighted by Gasteiger charge is 2.65. The maximum Gasteiger partial charge on any atom is 0.336 e. The predicted octanol–water partition coefficient (Wildman–Crippen LogP) is 4.14. The fraction of sp³-hybridized carbons (Fsp3) is 0.667. The third-order valence-corrected chi connectivity index (χ3v) is 9.46. The van der Waals surface area contributed by atoms with Crippen LogP contribution in [0.2, 0.25) is 0 Å². The van der Waals surface area contributed by atoms with Gasteiger partial charge in [-0.1, -0.05) is 26.0 Å². The maximum atomic E-state index is 13.6. The van der Waals surface area contributed by atoms with Gasteiger partial charge in [-0.3, -0.25) is 0 Å². The minimum absolute atomic E-state index is 0.0132. The van der Waals surface area contributed by atoms with Crippen molar-refractivity contribution in [1.82, 2.24) is 5.32 Å². The quantitative estimate of drug-likeness (QED) is 0.651. The molecule has 0 aromatic heterocycles. The third kappa shape index (κ3) is 3.75. The summed E-state index contributed by atoms with van der Waals surface area (Å²) < 4.78 is 25.3. The topological polar surface area (TPSA) is 67.8 Å². The molecular formula is C27H36FNO4. The summed E-state index contributed by atoms with van der Waals surface area (Å²) in [6.45, 7) is 8.40. The summed E-state index contributed by atoms with van der Waals surface area (Å²) >= 11 is 0. The molecule has 2 aliphatic carbocycles. The predicted molar refractivity (Wildman–Crippen MR) is 123 cm³/mol. The summed E-state index contributed by atoms with van der Waals surface area (Å²) in [5, 5.41) is 14.7. The number of carbonyl (C=O) groups excluding carboxylic acids is 1. The monoisotopic (exact) mass is 457 g/mol. The number of halogens is 1. The van der Waals surface area contributed by atoms with E-state index in [9.17, 15) is 14.3 Å². The number of aliphatic hydroxyl groups is 1. The second-order valence-electron chi connectivity index (χ2n) is 11.4. The second-order valence-corrected chi connectivity index (χ2v) is 11.4. The van der Waals surface area contributed by atoms with E-state index >= 15 is 0 Å². The molecule has 1 saturated heterocycles. The number of rotatable bonds is 5. The zero-order chi connectivity index (χ0) is 23.4. The molecule has 4 aliphatic rings. The molecule has 0 radical (unpaired) electrons. The van der Waals surface area contributed by atoms with Crippen molar-refractivity contribution in [1.29, 1.82) is 0 Å². The Balaban J connectivity index is 1.35. The van der Waals surface area contributed by atoms with Crippen LogP contribution < -0.4 is 5.32 Å². The highest BCUT2D eigenvalue weighted by atomic mass is 19.1. The maximum absolute atomic E-state index is 13.6. The molecule has 0 unspecified atom stereocenters. The van der Waals surface area contributed by atoms with E-state index in [-0.39, 0.29) is 40.4 Å². The van der Waals surface area contributed by atoms with Gasteiger partial charge in [0.15, 0.2) is 0 Å². The van der Waals surface area contributed by atoms with Crippen LogP contribution in [0.4, 0.5) is 4.39 Å². The number of cyclic esters (lactones) is 1. The van der Waals surface area contributed by atoms with E-state index < -0.39 is 0 Å². The molecule has 3 fully saturated rings. The van der Waals surface area contributed by atoms with Crippen molar-refractivity contribution in [3.05, 3.63) is 47.3 Å². The molecule has 2 N–H and O–H groups in total. The highest BCUT2D eigenvalue weighted by Crippen LogP contribution is 2.66. The number of esters is 1. The Morgan fingerprint density at radius 2 is 2.00 bits per heavy atom. The standard InChI is InChI=1S/C27H36FNO4/c1-25-10-8-23(30)26(2,16-29-15-17-5-4-6-18(28)13-17)21(25)7-11-27(3)22(25)14-20(33-27)19-9-12-32-24(19)31/h4-6,9,13,20-23,29-30H,7-8,10-12,14-16H2,1-3H3/t20-,21-,22-,23+,25+,26-,27+/m0/s1. The zero-order valence-corrected chi connectivity index (χ0v) is 19.9. The molecule has 33 heavy (non-hydrogen) atoms. The molecule has 1 aromatic rings. The second kappa shape index (κ2) is 8.17. The van der Waals surface area contributed by atoms with Crippen molar-refractivity contribution in [3.63, 3.8) is 0 Å². The Morgan fingerprint density at radius 3 is 2.73 bits per heavy atom. The summed E-state index contributed by atoms with van der Waals surface area (Å²) in [7, 11) is 0. The van der Waals surface area contributed by atoms with Crippen LogP contribution >= 0.6 is 0 Å². The average molecular weight is 458 g/mol. The molecule has 0 bridgehead atoms. The molecule has 0 amide bonds. The Bertz CT molecular complexity index is 965. The van der Waals surface area contributed by atoms with Crippen LogP contribution in [0.3, 0.4) is 0 Å². The van der Waals surface area contributed by atoms with Crippen molar-refractivity contribution in [2.75, 3.05) is 13.2 Å². The van der Waals surface area contributed by atoms with Crippen LogP contribution in [0, 0.1) is 28.5 Å². The van der Waals surface area contributed by atoms with Gasteiger partial charge in [0.25, 0.3) is 0 Å². The van der Waals surface area contributed by atoms with Gasteiger partial charge in [0, 0.05) is 18.5 Å². The number of carbonyl (C=O) groups is 1. The number of benzene rings is 1. The summed E-state index contributed by atoms with van der Waals surface area (Å²) in [4.78, 5) is 12.2. The molecule has 5 nitrogen and oxygen atoms in total. The normalized spacial score (nSPS) is 42.5. The lowest BCUT2D eigenvalue weighted by atomic mass is 9.44. The first kappa shape index (κ1) is 23.0. The fourth-order valence-electron chi connectivity index (χ4n) is 7.75. The number of nitrogens with one attached hydrogen (secondary N) is 1. The molecule has 180 valence electrons. The first-order chi connectivity index (χ1) is 15.7. The molecule has 5 rings (SSSR count). The SMILES string of the molecule is C[C@]1(CNCc2cccc(F)c2)[C@H]2CC[C@@]3(C)O[C@H](C4=CCOC4=O)C[C@H]3[C@]2(C)CC[C@H]1O. The highest BCUT2D eigenvalue weighted by molar-refractivity contribution is 5.91. The van der Waals surface area contributed by atoms with Crippen molar-refractivity contribution >= 4 is 5.97 Å². The van der Waals surface area contributed by atoms with E-state index in [0.29, 0.717) is 37.1 Å². The van der Waals surface area contributed by atoms with E-state index in [1.165, 1.54) is 6.07 Å². The largest absolute Gasteiger partial charge is 0.458 e. The average Bonchev–Trinajstić information content (AvgIpc) is 3.35. The van der Waals surface area contributed by atoms with Gasteiger partial charge in [-0.05, 0) is 80.1 Å². The lowest BCUT2D eigenvalue weighted by Gasteiger charge is -2.62. The fourth-order valence-corrected chi connectivity index (χ4v) is 7.75. The van der Waals surface area contributed by atoms with Gasteiger partial charge in [-0.25, -0.2) is 9.18 Å². The molecule has 2 saturated carbocycles. The number of fused-ring (bicyclic) bond motifs is 3. The summed E-state index contributed by atoms with van der Waals surface area (Å²) in [5.41, 5.74) is 1.05. The smallest absolute Gasteiger partial charge is 0.336 e. The number of ether oxygens (including phenoxy) is 2. The van der Waals surface area contributed by atoms with Crippen molar-refractivity contribution in [2.45, 2.75) is 77.2 Å². The van der Waals surface area contributed by atoms with Gasteiger partial charge in [-0.2, -0.15) is 0 Å². The lowest BCUT2D eigenvalue weighted by Crippen LogP contribution is -2.62. The van der Waals surface area contributed by atoms with E-state index in [1.54, 1.807) is 12.1 Å². The first-order valence-electron chi connectivity index (χ1n) is 12.3. The van der Waals surface area contributed by atoms with Crippen molar-refractivity contribution in [2.24, 2.45) is 22.7 Å². The molecule has 1 aromatic carbocycles. The summed E-state index contributed by atoms with van der Waals surface area (Å²) in [6, 6.07) is 6.67. The Labute approximate surface area is 195 Å². The molecule has 2 heterocycles. The van der Waals surface area contributed by atoms with Gasteiger partial charge >= 0.3 is 5.97 Å². The Kier molecular flexibility index (Phi) is 5.70. The molecule has 6 heteroatoms. The van der Waals surface area contributed by atoms with Crippen molar-refractivity contribution < 1.29 is 23.8 Å². The molecular weight excluding hydrogens is 421 g/mol. The Morgan fingerprint density at radius 1 is 1.18 bits per heavy atom. The summed E-state index contributed by atoms with van der Waals surface area (Å²) in [6.07, 6.45) is 5.73. The van der Waals surface area contributed by atoms with Crippen molar-refractivity contribution in [3.8, 4) is 0 Å². The van der Waals surface area contributed by atoms with Gasteiger partial charge in [0.1, 0.15) is 12.4 Å². The first-order valence-corrected chi connectivity index (χ1v) is 12.3. The minimum atomic E-state index is -0.384. The summed E-state index contributed by atoms with van der Waals surface area (Å²) in [5.74, 6) is 0.181. The zero-order valence-electron chi connectivity index (χ0n) is 19.9. The van der Waals surface area contributed by atoms with Gasteiger partial charge in [0.05, 0.1) is 23.4 Å². The molecule has 2 aliphatic heterocycles. The van der Waals surface area contributed by atoms with E-state index in [0.717, 1.165) is 37.7 Å².